The molecule has 170 valence electrons. The summed E-state index contributed by atoms with van der Waals surface area (Å²) in [6, 6.07) is 12.9. The lowest BCUT2D eigenvalue weighted by atomic mass is 9.71. The average molecular weight is 487 g/mol. The largest absolute Gasteiger partial charge is 0.406 e. The van der Waals surface area contributed by atoms with Crippen LogP contribution in [0.5, 0.6) is 0 Å². The van der Waals surface area contributed by atoms with Crippen LogP contribution in [0.2, 0.25) is 5.02 Å². The van der Waals surface area contributed by atoms with E-state index < -0.39 is 11.4 Å². The monoisotopic (exact) mass is 486 g/mol. The quantitative estimate of drug-likeness (QED) is 0.485. The molecule has 2 aromatic carbocycles. The van der Waals surface area contributed by atoms with Gasteiger partial charge in [-0.2, -0.15) is 5.26 Å². The molecule has 4 rings (SSSR count). The summed E-state index contributed by atoms with van der Waals surface area (Å²) in [6.45, 7) is -0.0749. The zero-order valence-corrected chi connectivity index (χ0v) is 18.9. The number of nitrogens with two attached hydrogens (primary N) is 2. The van der Waals surface area contributed by atoms with E-state index in [-0.39, 0.29) is 47.3 Å². The lowest BCUT2D eigenvalue weighted by molar-refractivity contribution is -0.143. The van der Waals surface area contributed by atoms with Crippen LogP contribution < -0.4 is 11.5 Å². The third-order valence-electron chi connectivity index (χ3n) is 5.55. The van der Waals surface area contributed by atoms with Gasteiger partial charge in [-0.1, -0.05) is 34.9 Å². The number of anilines is 1. The number of halogens is 2. The number of hydrogen-bond donors (Lipinski definition) is 2. The predicted molar refractivity (Wildman–Crippen MR) is 121 cm³/mol. The third-order valence-corrected chi connectivity index (χ3v) is 7.05. The van der Waals surface area contributed by atoms with E-state index in [1.165, 1.54) is 28.8 Å². The van der Waals surface area contributed by atoms with Crippen LogP contribution in [-0.2, 0) is 16.9 Å². The molecule has 0 bridgehead atoms. The van der Waals surface area contributed by atoms with Crippen molar-refractivity contribution in [1.82, 2.24) is 15.1 Å². The average Bonchev–Trinajstić information content (AvgIpc) is 3.21. The normalized spacial score (nSPS) is 19.5. The zero-order valence-electron chi connectivity index (χ0n) is 17.4. The molecule has 3 aromatic rings. The van der Waals surface area contributed by atoms with E-state index in [1.54, 1.807) is 12.1 Å². The molecule has 1 heterocycles. The molecule has 1 fully saturated rings. The number of carbonyl (C=O) groups excluding carboxylic acids is 1. The van der Waals surface area contributed by atoms with Crippen molar-refractivity contribution in [3.63, 3.8) is 0 Å². The molecule has 0 unspecified atom stereocenters. The number of carbonyl (C=O) groups is 1. The number of benzene rings is 2. The van der Waals surface area contributed by atoms with Crippen molar-refractivity contribution in [2.75, 3.05) is 11.5 Å². The maximum absolute atomic E-state index is 14.8. The molecular formula is C22H20ClFN6O2S. The van der Waals surface area contributed by atoms with Crippen molar-refractivity contribution < 1.29 is 13.6 Å². The molecule has 1 aromatic heterocycles. The minimum absolute atomic E-state index is 0.0439. The van der Waals surface area contributed by atoms with Crippen LogP contribution in [0, 0.1) is 17.1 Å². The summed E-state index contributed by atoms with van der Waals surface area (Å²) < 4.78 is 20.2. The van der Waals surface area contributed by atoms with Gasteiger partial charge in [0, 0.05) is 23.0 Å². The number of rotatable bonds is 7. The Labute approximate surface area is 198 Å². The fourth-order valence-corrected chi connectivity index (χ4v) is 5.03. The van der Waals surface area contributed by atoms with Gasteiger partial charge >= 0.3 is 6.01 Å². The number of nitriles is 1. The topological polar surface area (TPSA) is 135 Å². The number of amides is 1. The number of nitrogens with zero attached hydrogens (tertiary/aromatic N) is 4. The highest BCUT2D eigenvalue weighted by Crippen LogP contribution is 2.47. The molecule has 0 aliphatic heterocycles. The molecule has 8 nitrogen and oxygen atoms in total. The summed E-state index contributed by atoms with van der Waals surface area (Å²) in [4.78, 5) is 15.8. The number of nitrogen functional groups attached to an aromatic ring is 1. The maximum atomic E-state index is 14.8. The second kappa shape index (κ2) is 9.39. The van der Waals surface area contributed by atoms with Crippen molar-refractivity contribution in [3.8, 4) is 6.07 Å². The van der Waals surface area contributed by atoms with Gasteiger partial charge in [-0.3, -0.25) is 4.79 Å². The van der Waals surface area contributed by atoms with E-state index in [0.717, 1.165) is 11.0 Å². The van der Waals surface area contributed by atoms with E-state index in [0.29, 0.717) is 17.9 Å². The number of hydrogen-bond acceptors (Lipinski definition) is 8. The van der Waals surface area contributed by atoms with Crippen molar-refractivity contribution in [2.24, 2.45) is 5.73 Å². The highest BCUT2D eigenvalue weighted by atomic mass is 35.5. The van der Waals surface area contributed by atoms with Gasteiger partial charge in [-0.15, -0.1) is 16.9 Å². The Morgan fingerprint density at radius 3 is 2.70 bits per heavy atom. The number of aromatic nitrogens is 2. The number of thioether (sulfide) groups is 1. The fraction of sp³-hybridized carbons (Fsp3) is 0.273. The van der Waals surface area contributed by atoms with Crippen molar-refractivity contribution >= 4 is 35.3 Å². The summed E-state index contributed by atoms with van der Waals surface area (Å²) in [7, 11) is 0. The standard InChI is InChI=1S/C22H20ClFN6O2S/c23-16-3-1-2-4-18(16)33-12-19(31)30(11-14-6-5-13(10-25)7-17(14)24)22(8-15(26)9-22)20-28-29-21(27)32-20/h1-7,15H,8-9,11-12,26H2,(H2,27,29). The van der Waals surface area contributed by atoms with E-state index in [2.05, 4.69) is 10.2 Å². The van der Waals surface area contributed by atoms with Crippen LogP contribution in [-0.4, -0.2) is 32.8 Å². The molecule has 1 aliphatic carbocycles. The van der Waals surface area contributed by atoms with Crippen LogP contribution in [0.4, 0.5) is 10.4 Å². The third kappa shape index (κ3) is 4.66. The Kier molecular flexibility index (Phi) is 6.56. The first-order valence-electron chi connectivity index (χ1n) is 10.0. The highest BCUT2D eigenvalue weighted by molar-refractivity contribution is 8.00. The summed E-state index contributed by atoms with van der Waals surface area (Å²) in [6.07, 6.45) is 0.712. The van der Waals surface area contributed by atoms with Crippen LogP contribution >= 0.6 is 23.4 Å². The van der Waals surface area contributed by atoms with Gasteiger partial charge in [-0.25, -0.2) is 4.39 Å². The van der Waals surface area contributed by atoms with E-state index in [9.17, 15) is 9.18 Å². The van der Waals surface area contributed by atoms with Crippen LogP contribution in [0.25, 0.3) is 0 Å². The van der Waals surface area contributed by atoms with Gasteiger partial charge in [0.2, 0.25) is 11.8 Å². The molecule has 1 amide bonds. The van der Waals surface area contributed by atoms with Gasteiger partial charge in [0.25, 0.3) is 0 Å². The highest BCUT2D eigenvalue weighted by Gasteiger charge is 2.54. The predicted octanol–water partition coefficient (Wildman–Crippen LogP) is 3.45. The summed E-state index contributed by atoms with van der Waals surface area (Å²) in [5.41, 5.74) is 11.2. The van der Waals surface area contributed by atoms with Gasteiger partial charge in [-0.05, 0) is 37.1 Å². The Balaban J connectivity index is 1.68. The van der Waals surface area contributed by atoms with Gasteiger partial charge in [0.15, 0.2) is 0 Å². The lowest BCUT2D eigenvalue weighted by Crippen LogP contribution is -2.61. The summed E-state index contributed by atoms with van der Waals surface area (Å²) in [5, 5.41) is 17.3. The van der Waals surface area contributed by atoms with Crippen molar-refractivity contribution in [3.05, 3.63) is 70.3 Å². The second-order valence-corrected chi connectivity index (χ2v) is 9.19. The molecule has 1 aliphatic rings. The van der Waals surface area contributed by atoms with Crippen molar-refractivity contribution in [2.45, 2.75) is 35.9 Å². The first-order chi connectivity index (χ1) is 15.8. The Bertz CT molecular complexity index is 1220. The van der Waals surface area contributed by atoms with Crippen LogP contribution in [0.15, 0.2) is 51.8 Å². The van der Waals surface area contributed by atoms with Crippen LogP contribution in [0.1, 0.15) is 29.9 Å². The van der Waals surface area contributed by atoms with Gasteiger partial charge in [0.05, 0.1) is 22.4 Å². The Hall–Kier alpha value is -3.13. The second-order valence-electron chi connectivity index (χ2n) is 7.76. The smallest absolute Gasteiger partial charge is 0.312 e. The molecule has 33 heavy (non-hydrogen) atoms. The molecule has 11 heteroatoms. The fourth-order valence-electron chi connectivity index (χ4n) is 3.91. The first-order valence-corrected chi connectivity index (χ1v) is 11.4. The van der Waals surface area contributed by atoms with Crippen molar-refractivity contribution in [1.29, 1.82) is 5.26 Å². The molecule has 0 saturated heterocycles. The maximum Gasteiger partial charge on any atom is 0.312 e. The summed E-state index contributed by atoms with van der Waals surface area (Å²) in [5.74, 6) is -0.670. The van der Waals surface area contributed by atoms with E-state index >= 15 is 0 Å². The Morgan fingerprint density at radius 2 is 2.09 bits per heavy atom. The Morgan fingerprint density at radius 1 is 1.33 bits per heavy atom. The minimum Gasteiger partial charge on any atom is -0.406 e. The summed E-state index contributed by atoms with van der Waals surface area (Å²) >= 11 is 7.50. The minimum atomic E-state index is -1.01. The SMILES string of the molecule is N#Cc1ccc(CN(C(=O)CSc2ccccc2Cl)C2(c3nnc(N)o3)CC(N)C2)c(F)c1. The molecule has 0 radical (unpaired) electrons. The van der Waals surface area contributed by atoms with E-state index in [4.69, 9.17) is 32.7 Å². The molecule has 1 saturated carbocycles. The van der Waals surface area contributed by atoms with Crippen LogP contribution in [0.3, 0.4) is 0 Å². The lowest BCUT2D eigenvalue weighted by Gasteiger charge is -2.50. The molecular weight excluding hydrogens is 467 g/mol. The zero-order chi connectivity index (χ0) is 23.6. The van der Waals surface area contributed by atoms with Gasteiger partial charge in [0.1, 0.15) is 11.4 Å². The molecule has 0 atom stereocenters. The van der Waals surface area contributed by atoms with Gasteiger partial charge < -0.3 is 20.8 Å². The molecule has 4 N–H and O–H groups in total. The van der Waals surface area contributed by atoms with E-state index in [1.807, 2.05) is 18.2 Å². The molecule has 0 spiro atoms. The first kappa shape index (κ1) is 23.0.